The van der Waals surface area contributed by atoms with Crippen LogP contribution in [0.3, 0.4) is 0 Å². The molecule has 1 aromatic rings. The minimum atomic E-state index is -0.442. The smallest absolute Gasteiger partial charge is 0.338 e. The molecule has 0 saturated heterocycles. The van der Waals surface area contributed by atoms with Gasteiger partial charge in [-0.3, -0.25) is 4.79 Å². The van der Waals surface area contributed by atoms with E-state index in [1.807, 2.05) is 0 Å². The summed E-state index contributed by atoms with van der Waals surface area (Å²) in [6, 6.07) is 4.63. The van der Waals surface area contributed by atoms with Crippen LogP contribution in [-0.2, 0) is 9.53 Å². The molecule has 0 heterocycles. The van der Waals surface area contributed by atoms with Crippen molar-refractivity contribution in [2.24, 2.45) is 0 Å². The van der Waals surface area contributed by atoms with Crippen LogP contribution in [0, 0.1) is 0 Å². The van der Waals surface area contributed by atoms with E-state index >= 15 is 0 Å². The summed E-state index contributed by atoms with van der Waals surface area (Å²) in [5, 5.41) is 1.11. The molecule has 0 bridgehead atoms. The average molecular weight is 443 g/mol. The largest absolute Gasteiger partial charge is 0.493 e. The van der Waals surface area contributed by atoms with Crippen molar-refractivity contribution < 1.29 is 23.8 Å². The molecule has 0 saturated carbocycles. The van der Waals surface area contributed by atoms with E-state index in [4.69, 9.17) is 14.2 Å². The monoisotopic (exact) mass is 442 g/mol. The number of carbonyl (C=O) groups is 2. The van der Waals surface area contributed by atoms with Gasteiger partial charge in [0.1, 0.15) is 0 Å². The number of unbranched alkanes of at least 4 members (excludes halogenated alkanes) is 8. The third kappa shape index (κ3) is 10.4. The van der Waals surface area contributed by atoms with Crippen LogP contribution >= 0.6 is 15.9 Å². The first-order valence-corrected chi connectivity index (χ1v) is 10.8. The molecule has 0 N–H and O–H groups in total. The Bertz CT molecular complexity index is 574. The number of alkyl halides is 1. The van der Waals surface area contributed by atoms with Gasteiger partial charge < -0.3 is 14.2 Å². The van der Waals surface area contributed by atoms with Crippen LogP contribution in [0.15, 0.2) is 18.2 Å². The van der Waals surface area contributed by atoms with Crippen molar-refractivity contribution in [3.63, 3.8) is 0 Å². The normalized spacial score (nSPS) is 10.5. The van der Waals surface area contributed by atoms with Gasteiger partial charge in [-0.2, -0.15) is 0 Å². The molecule has 0 aliphatic heterocycles. The van der Waals surface area contributed by atoms with Crippen LogP contribution in [0.2, 0.25) is 0 Å². The lowest BCUT2D eigenvalue weighted by Crippen LogP contribution is -2.08. The number of esters is 2. The lowest BCUT2D eigenvalue weighted by Gasteiger charge is -2.10. The lowest BCUT2D eigenvalue weighted by atomic mass is 10.1. The summed E-state index contributed by atoms with van der Waals surface area (Å²) >= 11 is 3.45. The van der Waals surface area contributed by atoms with E-state index < -0.39 is 11.9 Å². The first-order valence-electron chi connectivity index (χ1n) is 9.68. The van der Waals surface area contributed by atoms with Crippen molar-refractivity contribution >= 4 is 27.9 Å². The van der Waals surface area contributed by atoms with E-state index in [1.165, 1.54) is 71.1 Å². The molecule has 6 heteroatoms. The zero-order valence-electron chi connectivity index (χ0n) is 16.4. The standard InChI is InChI=1S/C21H31BrO5/c1-17(23)27-19-13-12-18(16-20(19)25-2)21(24)26-15-11-9-7-5-3-4-6-8-10-14-22/h12-13,16H,3-11,14-15H2,1-2H3. The summed E-state index contributed by atoms with van der Waals surface area (Å²) in [6.07, 6.45) is 10.9. The minimum Gasteiger partial charge on any atom is -0.493 e. The van der Waals surface area contributed by atoms with Crippen LogP contribution in [-0.4, -0.2) is 31.0 Å². The van der Waals surface area contributed by atoms with Gasteiger partial charge in [0.2, 0.25) is 0 Å². The van der Waals surface area contributed by atoms with Crippen LogP contribution in [0.25, 0.3) is 0 Å². The van der Waals surface area contributed by atoms with Gasteiger partial charge in [-0.05, 0) is 31.0 Å². The van der Waals surface area contributed by atoms with E-state index in [1.54, 1.807) is 6.07 Å². The van der Waals surface area contributed by atoms with Gasteiger partial charge in [0.15, 0.2) is 11.5 Å². The average Bonchev–Trinajstić information content (AvgIpc) is 2.65. The van der Waals surface area contributed by atoms with Crippen molar-refractivity contribution in [3.8, 4) is 11.5 Å². The molecule has 0 fully saturated rings. The quantitative estimate of drug-likeness (QED) is 0.160. The molecule has 0 aliphatic rings. The number of hydrogen-bond acceptors (Lipinski definition) is 5. The van der Waals surface area contributed by atoms with E-state index in [2.05, 4.69) is 15.9 Å². The molecule has 1 aromatic carbocycles. The third-order valence-electron chi connectivity index (χ3n) is 4.16. The topological polar surface area (TPSA) is 61.8 Å². The summed E-state index contributed by atoms with van der Waals surface area (Å²) in [5.74, 6) is -0.221. The van der Waals surface area contributed by atoms with Crippen molar-refractivity contribution in [1.29, 1.82) is 0 Å². The first kappa shape index (κ1) is 23.5. The molecule has 27 heavy (non-hydrogen) atoms. The summed E-state index contributed by atoms with van der Waals surface area (Å²) in [5.41, 5.74) is 0.381. The van der Waals surface area contributed by atoms with Gasteiger partial charge >= 0.3 is 11.9 Å². The highest BCUT2D eigenvalue weighted by molar-refractivity contribution is 9.09. The molecule has 0 spiro atoms. The van der Waals surface area contributed by atoms with Crippen LogP contribution in [0.4, 0.5) is 0 Å². The lowest BCUT2D eigenvalue weighted by molar-refractivity contribution is -0.132. The Balaban J connectivity index is 2.20. The maximum Gasteiger partial charge on any atom is 0.338 e. The van der Waals surface area contributed by atoms with Gasteiger partial charge in [-0.1, -0.05) is 60.9 Å². The van der Waals surface area contributed by atoms with Crippen LogP contribution in [0.1, 0.15) is 75.1 Å². The minimum absolute atomic E-state index is 0.286. The number of carbonyl (C=O) groups excluding carboxylic acids is 2. The second-order valence-electron chi connectivity index (χ2n) is 6.47. The van der Waals surface area contributed by atoms with Crippen molar-refractivity contribution in [2.75, 3.05) is 19.0 Å². The first-order chi connectivity index (χ1) is 13.1. The van der Waals surface area contributed by atoms with Crippen LogP contribution < -0.4 is 9.47 Å². The number of halogens is 1. The highest BCUT2D eigenvalue weighted by Crippen LogP contribution is 2.28. The number of methoxy groups -OCH3 is 1. The summed E-state index contributed by atoms with van der Waals surface area (Å²) in [4.78, 5) is 23.2. The number of benzene rings is 1. The molecule has 0 aliphatic carbocycles. The second kappa shape index (κ2) is 14.5. The van der Waals surface area contributed by atoms with E-state index in [0.717, 1.165) is 18.2 Å². The van der Waals surface area contributed by atoms with Crippen LogP contribution in [0.5, 0.6) is 11.5 Å². The fraction of sp³-hybridized carbons (Fsp3) is 0.619. The third-order valence-corrected chi connectivity index (χ3v) is 4.72. The predicted molar refractivity (Wildman–Crippen MR) is 110 cm³/mol. The van der Waals surface area contributed by atoms with Gasteiger partial charge in [0, 0.05) is 12.3 Å². The van der Waals surface area contributed by atoms with Crippen molar-refractivity contribution in [3.05, 3.63) is 23.8 Å². The second-order valence-corrected chi connectivity index (χ2v) is 7.26. The SMILES string of the molecule is COc1cc(C(=O)OCCCCCCCCCCCBr)ccc1OC(C)=O. The molecule has 152 valence electrons. The Morgan fingerprint density at radius 2 is 1.48 bits per heavy atom. The Kier molecular flexibility index (Phi) is 12.6. The molecule has 0 radical (unpaired) electrons. The van der Waals surface area contributed by atoms with Crippen molar-refractivity contribution in [2.45, 2.75) is 64.7 Å². The molecule has 1 rings (SSSR count). The predicted octanol–water partition coefficient (Wildman–Crippen LogP) is 5.68. The van der Waals surface area contributed by atoms with Gasteiger partial charge in [-0.15, -0.1) is 0 Å². The van der Waals surface area contributed by atoms with E-state index in [0.29, 0.717) is 17.9 Å². The summed E-state index contributed by atoms with van der Waals surface area (Å²) in [6.45, 7) is 1.73. The zero-order valence-corrected chi connectivity index (χ0v) is 18.0. The Morgan fingerprint density at radius 1 is 0.889 bits per heavy atom. The zero-order chi connectivity index (χ0) is 19.9. The summed E-state index contributed by atoms with van der Waals surface area (Å²) in [7, 11) is 1.46. The Hall–Kier alpha value is -1.56. The van der Waals surface area contributed by atoms with Gasteiger partial charge in [0.05, 0.1) is 19.3 Å². The highest BCUT2D eigenvalue weighted by Gasteiger charge is 2.13. The number of ether oxygens (including phenoxy) is 3. The Morgan fingerprint density at radius 3 is 2.04 bits per heavy atom. The fourth-order valence-electron chi connectivity index (χ4n) is 2.72. The number of rotatable bonds is 14. The molecular weight excluding hydrogens is 412 g/mol. The Labute approximate surface area is 170 Å². The van der Waals surface area contributed by atoms with Crippen molar-refractivity contribution in [1.82, 2.24) is 0 Å². The molecule has 5 nitrogen and oxygen atoms in total. The molecular formula is C21H31BrO5. The van der Waals surface area contributed by atoms with E-state index in [9.17, 15) is 9.59 Å². The number of hydrogen-bond donors (Lipinski definition) is 0. The van der Waals surface area contributed by atoms with E-state index in [-0.39, 0.29) is 5.75 Å². The molecule has 0 atom stereocenters. The maximum absolute atomic E-state index is 12.1. The molecule has 0 amide bonds. The maximum atomic E-state index is 12.1. The summed E-state index contributed by atoms with van der Waals surface area (Å²) < 4.78 is 15.5. The highest BCUT2D eigenvalue weighted by atomic mass is 79.9. The fourth-order valence-corrected chi connectivity index (χ4v) is 3.11. The van der Waals surface area contributed by atoms with Gasteiger partial charge in [0.25, 0.3) is 0 Å². The van der Waals surface area contributed by atoms with Gasteiger partial charge in [-0.25, -0.2) is 4.79 Å². The molecule has 0 aromatic heterocycles. The molecule has 0 unspecified atom stereocenters.